The van der Waals surface area contributed by atoms with E-state index in [9.17, 15) is 9.90 Å². The molecule has 0 aliphatic carbocycles. The maximum atomic E-state index is 12.1. The van der Waals surface area contributed by atoms with Crippen LogP contribution in [0.1, 0.15) is 24.2 Å². The van der Waals surface area contributed by atoms with E-state index in [0.717, 1.165) is 0 Å². The van der Waals surface area contributed by atoms with Gasteiger partial charge in [-0.05, 0) is 26.0 Å². The average molecular weight is 277 g/mol. The van der Waals surface area contributed by atoms with Crippen molar-refractivity contribution in [1.82, 2.24) is 9.88 Å². The third kappa shape index (κ3) is 3.31. The van der Waals surface area contributed by atoms with Crippen LogP contribution in [-0.2, 0) is 0 Å². The van der Waals surface area contributed by atoms with E-state index in [1.807, 2.05) is 0 Å². The number of hydrogen-bond donors (Lipinski definition) is 1. The number of nitrogens with zero attached hydrogens (tertiary/aromatic N) is 2. The first kappa shape index (κ1) is 14.2. The van der Waals surface area contributed by atoms with E-state index in [1.54, 1.807) is 20.9 Å². The minimum absolute atomic E-state index is 0.137. The van der Waals surface area contributed by atoms with E-state index in [1.165, 1.54) is 17.0 Å². The van der Waals surface area contributed by atoms with Gasteiger partial charge in [-0.15, -0.1) is 0 Å². The molecule has 17 heavy (non-hydrogen) atoms. The standard InChI is InChI=1S/C11H14Cl2N2O2/c1-11(2,6-16)15(3)10(17)7-4-8(12)14-9(13)5-7/h4-5,16H,6H2,1-3H3. The van der Waals surface area contributed by atoms with Gasteiger partial charge < -0.3 is 10.0 Å². The second-order valence-electron chi connectivity index (χ2n) is 4.34. The summed E-state index contributed by atoms with van der Waals surface area (Å²) in [6.07, 6.45) is 0. The highest BCUT2D eigenvalue weighted by molar-refractivity contribution is 6.33. The van der Waals surface area contributed by atoms with Crippen LogP contribution in [-0.4, -0.2) is 40.1 Å². The monoisotopic (exact) mass is 276 g/mol. The van der Waals surface area contributed by atoms with Crippen molar-refractivity contribution < 1.29 is 9.90 Å². The van der Waals surface area contributed by atoms with Gasteiger partial charge in [0, 0.05) is 12.6 Å². The van der Waals surface area contributed by atoms with Crippen molar-refractivity contribution in [3.05, 3.63) is 28.0 Å². The summed E-state index contributed by atoms with van der Waals surface area (Å²) in [5.74, 6) is -0.268. The van der Waals surface area contributed by atoms with E-state index < -0.39 is 5.54 Å². The summed E-state index contributed by atoms with van der Waals surface area (Å²) in [4.78, 5) is 17.3. The molecule has 0 saturated carbocycles. The molecule has 0 aliphatic heterocycles. The lowest BCUT2D eigenvalue weighted by Gasteiger charge is -2.34. The van der Waals surface area contributed by atoms with Gasteiger partial charge in [0.1, 0.15) is 10.3 Å². The second kappa shape index (κ2) is 5.21. The van der Waals surface area contributed by atoms with Gasteiger partial charge >= 0.3 is 0 Å². The van der Waals surface area contributed by atoms with Crippen molar-refractivity contribution in [2.75, 3.05) is 13.7 Å². The zero-order valence-electron chi connectivity index (χ0n) is 9.87. The van der Waals surface area contributed by atoms with Gasteiger partial charge in [0.15, 0.2) is 0 Å². The summed E-state index contributed by atoms with van der Waals surface area (Å²) < 4.78 is 0. The van der Waals surface area contributed by atoms with Gasteiger partial charge in [0.05, 0.1) is 12.1 Å². The molecule has 0 fully saturated rings. The Morgan fingerprint density at radius 3 is 2.29 bits per heavy atom. The van der Waals surface area contributed by atoms with Crippen LogP contribution >= 0.6 is 23.2 Å². The highest BCUT2D eigenvalue weighted by atomic mass is 35.5. The fourth-order valence-electron chi connectivity index (χ4n) is 1.16. The molecule has 94 valence electrons. The second-order valence-corrected chi connectivity index (χ2v) is 5.11. The topological polar surface area (TPSA) is 53.4 Å². The summed E-state index contributed by atoms with van der Waals surface area (Å²) in [5.41, 5.74) is -0.307. The van der Waals surface area contributed by atoms with Crippen molar-refractivity contribution in [3.63, 3.8) is 0 Å². The molecule has 1 aromatic rings. The lowest BCUT2D eigenvalue weighted by Crippen LogP contribution is -2.47. The molecule has 1 amide bonds. The Kier molecular flexibility index (Phi) is 4.36. The van der Waals surface area contributed by atoms with E-state index in [0.29, 0.717) is 5.56 Å². The molecule has 0 spiro atoms. The quantitative estimate of drug-likeness (QED) is 0.862. The smallest absolute Gasteiger partial charge is 0.254 e. The Balaban J connectivity index is 3.04. The molecular weight excluding hydrogens is 263 g/mol. The number of carbonyl (C=O) groups is 1. The summed E-state index contributed by atoms with van der Waals surface area (Å²) in [6.45, 7) is 3.38. The molecule has 0 radical (unpaired) electrons. The van der Waals surface area contributed by atoms with Gasteiger partial charge in [0.2, 0.25) is 0 Å². The van der Waals surface area contributed by atoms with Gasteiger partial charge in [-0.25, -0.2) is 4.98 Å². The third-order valence-electron chi connectivity index (χ3n) is 2.61. The maximum absolute atomic E-state index is 12.1. The van der Waals surface area contributed by atoms with Crippen molar-refractivity contribution >= 4 is 29.1 Å². The molecule has 6 heteroatoms. The summed E-state index contributed by atoms with van der Waals surface area (Å²) >= 11 is 11.5. The maximum Gasteiger partial charge on any atom is 0.254 e. The molecule has 1 rings (SSSR count). The van der Waals surface area contributed by atoms with E-state index in [-0.39, 0.29) is 22.8 Å². The lowest BCUT2D eigenvalue weighted by atomic mass is 10.0. The minimum atomic E-state index is -0.653. The van der Waals surface area contributed by atoms with Gasteiger partial charge in [-0.3, -0.25) is 4.79 Å². The van der Waals surface area contributed by atoms with Gasteiger partial charge in [-0.2, -0.15) is 0 Å². The van der Waals surface area contributed by atoms with Gasteiger partial charge in [0.25, 0.3) is 5.91 Å². The first-order valence-electron chi connectivity index (χ1n) is 5.00. The summed E-state index contributed by atoms with van der Waals surface area (Å²) in [6, 6.07) is 2.89. The molecule has 0 aliphatic rings. The molecule has 0 aromatic carbocycles. The van der Waals surface area contributed by atoms with Crippen LogP contribution in [0.15, 0.2) is 12.1 Å². The number of rotatable bonds is 3. The summed E-state index contributed by atoms with van der Waals surface area (Å²) in [7, 11) is 1.61. The Morgan fingerprint density at radius 1 is 1.41 bits per heavy atom. The number of aliphatic hydroxyl groups excluding tert-OH is 1. The average Bonchev–Trinajstić information content (AvgIpc) is 2.25. The number of carbonyl (C=O) groups excluding carboxylic acids is 1. The molecule has 4 nitrogen and oxygen atoms in total. The predicted octanol–water partition coefficient (Wildman–Crippen LogP) is 2.23. The number of likely N-dealkylation sites (N-methyl/N-ethyl adjacent to an activating group) is 1. The first-order valence-corrected chi connectivity index (χ1v) is 5.75. The fourth-order valence-corrected chi connectivity index (χ4v) is 1.62. The van der Waals surface area contributed by atoms with Crippen LogP contribution in [0.2, 0.25) is 10.3 Å². The van der Waals surface area contributed by atoms with Gasteiger partial charge in [-0.1, -0.05) is 23.2 Å². The minimum Gasteiger partial charge on any atom is -0.394 e. The zero-order valence-corrected chi connectivity index (χ0v) is 11.4. The highest BCUT2D eigenvalue weighted by Gasteiger charge is 2.27. The molecule has 1 heterocycles. The van der Waals surface area contributed by atoms with Crippen LogP contribution in [0.5, 0.6) is 0 Å². The Morgan fingerprint density at radius 2 is 1.88 bits per heavy atom. The number of pyridine rings is 1. The highest BCUT2D eigenvalue weighted by Crippen LogP contribution is 2.19. The largest absolute Gasteiger partial charge is 0.394 e. The lowest BCUT2D eigenvalue weighted by molar-refractivity contribution is 0.0473. The van der Waals surface area contributed by atoms with E-state index in [2.05, 4.69) is 4.98 Å². The van der Waals surface area contributed by atoms with Crippen LogP contribution in [0, 0.1) is 0 Å². The molecular formula is C11H14Cl2N2O2. The first-order chi connectivity index (χ1) is 7.77. The van der Waals surface area contributed by atoms with Crippen LogP contribution in [0.3, 0.4) is 0 Å². The SMILES string of the molecule is CN(C(=O)c1cc(Cl)nc(Cl)c1)C(C)(C)CO. The molecule has 0 bridgehead atoms. The summed E-state index contributed by atoms with van der Waals surface area (Å²) in [5, 5.41) is 9.54. The van der Waals surface area contributed by atoms with Crippen LogP contribution < -0.4 is 0 Å². The molecule has 1 N–H and O–H groups in total. The van der Waals surface area contributed by atoms with E-state index >= 15 is 0 Å². The number of aromatic nitrogens is 1. The van der Waals surface area contributed by atoms with Crippen molar-refractivity contribution in [1.29, 1.82) is 0 Å². The predicted molar refractivity (Wildman–Crippen MR) is 67.5 cm³/mol. The number of halogens is 2. The molecule has 0 unspecified atom stereocenters. The zero-order chi connectivity index (χ0) is 13.2. The molecule has 1 aromatic heterocycles. The van der Waals surface area contributed by atoms with Crippen molar-refractivity contribution in [2.45, 2.75) is 19.4 Å². The third-order valence-corrected chi connectivity index (χ3v) is 3.00. The molecule has 0 saturated heterocycles. The number of hydrogen-bond acceptors (Lipinski definition) is 3. The molecule has 0 atom stereocenters. The van der Waals surface area contributed by atoms with Crippen LogP contribution in [0.4, 0.5) is 0 Å². The Labute approximate surface area is 110 Å². The normalized spacial score (nSPS) is 11.4. The van der Waals surface area contributed by atoms with E-state index in [4.69, 9.17) is 23.2 Å². The van der Waals surface area contributed by atoms with Crippen LogP contribution in [0.25, 0.3) is 0 Å². The Hall–Kier alpha value is -0.840. The van der Waals surface area contributed by atoms with Crippen molar-refractivity contribution in [3.8, 4) is 0 Å². The number of aliphatic hydroxyl groups is 1. The van der Waals surface area contributed by atoms with Crippen molar-refractivity contribution in [2.24, 2.45) is 0 Å². The fraction of sp³-hybridized carbons (Fsp3) is 0.455. The Bertz CT molecular complexity index is 415. The number of amides is 1.